The molecule has 9 aromatic carbocycles. The Morgan fingerprint density at radius 3 is 1.81 bits per heavy atom. The molecule has 3 heteroatoms. The van der Waals surface area contributed by atoms with Gasteiger partial charge in [-0.2, -0.15) is 0 Å². The fraction of sp³-hybridized carbons (Fsp3) is 0. The summed E-state index contributed by atoms with van der Waals surface area (Å²) in [5, 5.41) is 9.80. The van der Waals surface area contributed by atoms with Gasteiger partial charge in [0.15, 0.2) is 0 Å². The van der Waals surface area contributed by atoms with E-state index in [1.54, 1.807) is 0 Å². The van der Waals surface area contributed by atoms with Gasteiger partial charge >= 0.3 is 0 Å². The van der Waals surface area contributed by atoms with Crippen molar-refractivity contribution in [2.24, 2.45) is 0 Å². The third-order valence-electron chi connectivity index (χ3n) is 10.7. The summed E-state index contributed by atoms with van der Waals surface area (Å²) in [6, 6.07) is 68.0. The Kier molecular flexibility index (Phi) is 6.76. The fourth-order valence-electron chi connectivity index (χ4n) is 8.13. The zero-order valence-electron chi connectivity index (χ0n) is 28.7. The van der Waals surface area contributed by atoms with Gasteiger partial charge in [-0.05, 0) is 98.4 Å². The minimum absolute atomic E-state index is 0.890. The van der Waals surface area contributed by atoms with Crippen LogP contribution in [0.2, 0.25) is 0 Å². The maximum atomic E-state index is 6.25. The molecule has 2 aromatic heterocycles. The van der Waals surface area contributed by atoms with E-state index in [0.717, 1.165) is 39.0 Å². The number of hydrogen-bond donors (Lipinski definition) is 0. The van der Waals surface area contributed by atoms with E-state index < -0.39 is 0 Å². The van der Waals surface area contributed by atoms with E-state index in [9.17, 15) is 0 Å². The molecule has 0 bridgehead atoms. The first-order valence-electron chi connectivity index (χ1n) is 18.0. The Morgan fingerprint density at radius 2 is 0.962 bits per heavy atom. The minimum atomic E-state index is 0.890. The Hall–Kier alpha value is -6.68. The number of hydrogen-bond acceptors (Lipinski definition) is 3. The predicted molar refractivity (Wildman–Crippen MR) is 227 cm³/mol. The monoisotopic (exact) mass is 693 g/mol. The number of furan rings is 1. The molecule has 0 unspecified atom stereocenters. The Balaban J connectivity index is 1.10. The van der Waals surface area contributed by atoms with Crippen molar-refractivity contribution < 1.29 is 4.42 Å². The van der Waals surface area contributed by atoms with E-state index in [0.29, 0.717) is 0 Å². The fourth-order valence-corrected chi connectivity index (χ4v) is 9.40. The van der Waals surface area contributed by atoms with E-state index >= 15 is 0 Å². The summed E-state index contributed by atoms with van der Waals surface area (Å²) in [7, 11) is 0. The van der Waals surface area contributed by atoms with Crippen molar-refractivity contribution in [3.05, 3.63) is 188 Å². The molecule has 0 radical (unpaired) electrons. The molecule has 0 amide bonds. The van der Waals surface area contributed by atoms with Crippen molar-refractivity contribution in [1.82, 2.24) is 0 Å². The van der Waals surface area contributed by atoms with Gasteiger partial charge in [-0.25, -0.2) is 0 Å². The highest BCUT2D eigenvalue weighted by Gasteiger charge is 2.19. The van der Waals surface area contributed by atoms with Crippen molar-refractivity contribution in [2.45, 2.75) is 0 Å². The zero-order valence-corrected chi connectivity index (χ0v) is 29.5. The highest BCUT2D eigenvalue weighted by molar-refractivity contribution is 7.26. The molecule has 53 heavy (non-hydrogen) atoms. The third-order valence-corrected chi connectivity index (χ3v) is 11.9. The number of benzene rings is 9. The average Bonchev–Trinajstić information content (AvgIpc) is 3.80. The highest BCUT2D eigenvalue weighted by Crippen LogP contribution is 2.46. The van der Waals surface area contributed by atoms with Crippen molar-refractivity contribution in [2.75, 3.05) is 4.90 Å². The second kappa shape index (κ2) is 11.9. The number of para-hydroxylation sites is 1. The molecule has 0 aliphatic heterocycles. The summed E-state index contributed by atoms with van der Waals surface area (Å²) in [4.78, 5) is 2.38. The van der Waals surface area contributed by atoms with Crippen LogP contribution in [0.15, 0.2) is 192 Å². The molecule has 0 spiro atoms. The number of fused-ring (bicyclic) bond motifs is 9. The quantitative estimate of drug-likeness (QED) is 0.167. The first kappa shape index (κ1) is 30.0. The van der Waals surface area contributed by atoms with Gasteiger partial charge in [0.1, 0.15) is 11.2 Å². The van der Waals surface area contributed by atoms with Crippen LogP contribution in [0.4, 0.5) is 17.1 Å². The second-order valence-electron chi connectivity index (χ2n) is 13.7. The van der Waals surface area contributed by atoms with Gasteiger partial charge < -0.3 is 9.32 Å². The molecular formula is C50H31NOS. The van der Waals surface area contributed by atoms with Gasteiger partial charge in [-0.15, -0.1) is 11.3 Å². The number of nitrogens with zero attached hydrogens (tertiary/aromatic N) is 1. The molecule has 11 aromatic rings. The first-order chi connectivity index (χ1) is 26.3. The lowest BCUT2D eigenvalue weighted by atomic mass is 9.94. The third kappa shape index (κ3) is 4.86. The van der Waals surface area contributed by atoms with Crippen LogP contribution in [-0.4, -0.2) is 0 Å². The van der Waals surface area contributed by atoms with E-state index in [2.05, 4.69) is 181 Å². The summed E-state index contributed by atoms with van der Waals surface area (Å²) < 4.78 is 8.88. The Morgan fingerprint density at radius 1 is 0.377 bits per heavy atom. The lowest BCUT2D eigenvalue weighted by Gasteiger charge is -2.26. The summed E-state index contributed by atoms with van der Waals surface area (Å²) >= 11 is 1.88. The van der Waals surface area contributed by atoms with Gasteiger partial charge in [-0.1, -0.05) is 133 Å². The molecule has 0 saturated carbocycles. The minimum Gasteiger partial charge on any atom is -0.456 e. The zero-order chi connectivity index (χ0) is 34.9. The van der Waals surface area contributed by atoms with E-state index in [1.807, 2.05) is 23.5 Å². The van der Waals surface area contributed by atoms with Crippen LogP contribution in [0.3, 0.4) is 0 Å². The van der Waals surface area contributed by atoms with E-state index in [4.69, 9.17) is 4.42 Å². The average molecular weight is 694 g/mol. The summed E-state index contributed by atoms with van der Waals surface area (Å²) in [6.45, 7) is 0. The normalized spacial score (nSPS) is 11.8. The molecule has 0 N–H and O–H groups in total. The SMILES string of the molecule is c1ccc(-c2ccc(-c3ccc(N(c4ccc5ccc6ccccc6c5c4)c4ccc5oc6ccccc6c5c4)cc3)c3c2sc2ccccc23)cc1. The second-order valence-corrected chi connectivity index (χ2v) is 14.7. The van der Waals surface area contributed by atoms with Crippen LogP contribution < -0.4 is 4.90 Å². The van der Waals surface area contributed by atoms with Crippen molar-refractivity contribution in [3.8, 4) is 22.3 Å². The van der Waals surface area contributed by atoms with Crippen LogP contribution in [0.25, 0.3) is 85.9 Å². The van der Waals surface area contributed by atoms with Gasteiger partial charge in [0.25, 0.3) is 0 Å². The van der Waals surface area contributed by atoms with Gasteiger partial charge in [0.2, 0.25) is 0 Å². The molecule has 0 atom stereocenters. The van der Waals surface area contributed by atoms with Crippen molar-refractivity contribution in [3.63, 3.8) is 0 Å². The summed E-state index contributed by atoms with van der Waals surface area (Å²) in [6.07, 6.45) is 0. The molecule has 2 nitrogen and oxygen atoms in total. The Labute approximate surface area is 310 Å². The number of rotatable bonds is 5. The highest BCUT2D eigenvalue weighted by atomic mass is 32.1. The maximum Gasteiger partial charge on any atom is 0.135 e. The molecule has 0 aliphatic carbocycles. The molecule has 0 saturated heterocycles. The maximum absolute atomic E-state index is 6.25. The van der Waals surface area contributed by atoms with Gasteiger partial charge in [0.05, 0.1) is 0 Å². The topological polar surface area (TPSA) is 16.4 Å². The van der Waals surface area contributed by atoms with Gasteiger partial charge in [-0.3, -0.25) is 0 Å². The van der Waals surface area contributed by atoms with Crippen LogP contribution in [0, 0.1) is 0 Å². The van der Waals surface area contributed by atoms with Crippen LogP contribution in [-0.2, 0) is 0 Å². The first-order valence-corrected chi connectivity index (χ1v) is 18.8. The van der Waals surface area contributed by atoms with Crippen LogP contribution >= 0.6 is 11.3 Å². The van der Waals surface area contributed by atoms with Crippen molar-refractivity contribution >= 4 is 92.1 Å². The standard InChI is InChI=1S/C50H31NOS/c1-2-10-32(11-3-1)41-28-27-40(49-43-15-7-9-17-48(43)53-50(41)49)34-20-23-36(24-21-34)51(38-26-29-47-45(31-38)42-14-6-8-16-46(42)52-47)37-25-22-35-19-18-33-12-4-5-13-39(33)44(35)30-37/h1-31H. The number of thiophene rings is 1. The molecule has 0 fully saturated rings. The lowest BCUT2D eigenvalue weighted by molar-refractivity contribution is 0.669. The lowest BCUT2D eigenvalue weighted by Crippen LogP contribution is -2.09. The molecule has 11 rings (SSSR count). The van der Waals surface area contributed by atoms with E-state index in [-0.39, 0.29) is 0 Å². The number of anilines is 3. The smallest absolute Gasteiger partial charge is 0.135 e. The van der Waals surface area contributed by atoms with Crippen LogP contribution in [0.5, 0.6) is 0 Å². The van der Waals surface area contributed by atoms with Gasteiger partial charge in [0, 0.05) is 48.0 Å². The predicted octanol–water partition coefficient (Wildman–Crippen LogP) is 15.1. The molecular weight excluding hydrogens is 663 g/mol. The van der Waals surface area contributed by atoms with Crippen LogP contribution in [0.1, 0.15) is 0 Å². The molecule has 248 valence electrons. The summed E-state index contributed by atoms with van der Waals surface area (Å²) in [5.41, 5.74) is 10.0. The molecule has 2 heterocycles. The Bertz CT molecular complexity index is 3170. The van der Waals surface area contributed by atoms with Crippen molar-refractivity contribution in [1.29, 1.82) is 0 Å². The summed E-state index contributed by atoms with van der Waals surface area (Å²) in [5.74, 6) is 0. The van der Waals surface area contributed by atoms with E-state index in [1.165, 1.54) is 64.0 Å². The molecule has 0 aliphatic rings. The largest absolute Gasteiger partial charge is 0.456 e.